The molecular weight excluding hydrogens is 670 g/mol. The van der Waals surface area contributed by atoms with Gasteiger partial charge in [-0.3, -0.25) is 24.2 Å². The van der Waals surface area contributed by atoms with Crippen LogP contribution < -0.4 is 16.4 Å². The molecule has 53 heavy (non-hydrogen) atoms. The average Bonchev–Trinajstić information content (AvgIpc) is 3.79. The number of pyridine rings is 1. The SMILES string of the molecule is CCCNC(=O)CN(CCc1c[nH]c2ccccc12)C(=O)CN(CCc1c[nH]c2ccccc12)C(=O)CN(Cc1cccnc1)C(=O)CNCCCN. The van der Waals surface area contributed by atoms with Gasteiger partial charge >= 0.3 is 0 Å². The van der Waals surface area contributed by atoms with Gasteiger partial charge < -0.3 is 41.0 Å². The van der Waals surface area contributed by atoms with Gasteiger partial charge in [-0.1, -0.05) is 49.4 Å². The maximum Gasteiger partial charge on any atom is 0.242 e. The number of hydrogen-bond donors (Lipinski definition) is 5. The number of nitrogens with one attached hydrogen (secondary N) is 4. The highest BCUT2D eigenvalue weighted by atomic mass is 16.2. The summed E-state index contributed by atoms with van der Waals surface area (Å²) in [4.78, 5) is 70.2. The molecule has 2 aromatic carbocycles. The molecule has 3 aromatic heterocycles. The van der Waals surface area contributed by atoms with Crippen LogP contribution in [0.2, 0.25) is 0 Å². The third-order valence-electron chi connectivity index (χ3n) is 9.20. The van der Waals surface area contributed by atoms with Gasteiger partial charge in [-0.15, -0.1) is 0 Å². The van der Waals surface area contributed by atoms with E-state index in [9.17, 15) is 19.2 Å². The van der Waals surface area contributed by atoms with Crippen molar-refractivity contribution in [2.24, 2.45) is 5.73 Å². The molecule has 5 rings (SSSR count). The normalized spacial score (nSPS) is 11.1. The van der Waals surface area contributed by atoms with Crippen LogP contribution in [0.25, 0.3) is 21.8 Å². The van der Waals surface area contributed by atoms with Crippen LogP contribution in [0.4, 0.5) is 0 Å². The van der Waals surface area contributed by atoms with Crippen LogP contribution in [0.15, 0.2) is 85.5 Å². The van der Waals surface area contributed by atoms with Crippen LogP contribution in [0, 0.1) is 0 Å². The Bertz CT molecular complexity index is 1940. The number of carbonyl (C=O) groups excluding carboxylic acids is 4. The van der Waals surface area contributed by atoms with E-state index in [1.807, 2.05) is 73.9 Å². The highest BCUT2D eigenvalue weighted by Crippen LogP contribution is 2.20. The summed E-state index contributed by atoms with van der Waals surface area (Å²) < 4.78 is 0. The fourth-order valence-corrected chi connectivity index (χ4v) is 6.27. The first kappa shape index (κ1) is 38.7. The number of rotatable bonds is 21. The molecule has 0 aliphatic heterocycles. The summed E-state index contributed by atoms with van der Waals surface area (Å²) in [6.45, 7) is 3.65. The predicted octanol–water partition coefficient (Wildman–Crippen LogP) is 2.98. The standard InChI is InChI=1S/C40H51N9O4/c1-2-17-44-37(50)27-47(20-14-31-23-45-35-12-5-3-10-33(31)35)39(52)28-48(21-15-32-24-46-36-13-6-4-11-34(32)36)40(53)29-49(26-30-9-7-18-42-22-30)38(51)25-43-19-8-16-41/h3-7,9-13,18,22-24,43,45-46H,2,8,14-17,19-21,25-29,41H2,1H3,(H,44,50). The Balaban J connectivity index is 1.37. The third-order valence-corrected chi connectivity index (χ3v) is 9.20. The summed E-state index contributed by atoms with van der Waals surface area (Å²) in [7, 11) is 0. The fourth-order valence-electron chi connectivity index (χ4n) is 6.27. The summed E-state index contributed by atoms with van der Waals surface area (Å²) in [5, 5.41) is 8.09. The number of H-pyrrole nitrogens is 2. The first-order valence-corrected chi connectivity index (χ1v) is 18.4. The fraction of sp³-hybridized carbons (Fsp3) is 0.375. The van der Waals surface area contributed by atoms with E-state index in [2.05, 4.69) is 25.6 Å². The van der Waals surface area contributed by atoms with Gasteiger partial charge in [-0.05, 0) is 73.7 Å². The van der Waals surface area contributed by atoms with Crippen molar-refractivity contribution in [3.63, 3.8) is 0 Å². The Morgan fingerprint density at radius 1 is 0.736 bits per heavy atom. The predicted molar refractivity (Wildman–Crippen MR) is 207 cm³/mol. The van der Waals surface area contributed by atoms with Crippen LogP contribution in [0.5, 0.6) is 0 Å². The van der Waals surface area contributed by atoms with E-state index < -0.39 is 0 Å². The van der Waals surface area contributed by atoms with Crippen molar-refractivity contribution in [1.82, 2.24) is 40.3 Å². The zero-order chi connectivity index (χ0) is 37.4. The highest BCUT2D eigenvalue weighted by Gasteiger charge is 2.26. The Morgan fingerprint density at radius 3 is 1.92 bits per heavy atom. The molecule has 4 amide bonds. The molecule has 13 heteroatoms. The van der Waals surface area contributed by atoms with Crippen molar-refractivity contribution in [2.45, 2.75) is 39.2 Å². The maximum atomic E-state index is 14.3. The van der Waals surface area contributed by atoms with Crippen molar-refractivity contribution in [3.05, 3.63) is 102 Å². The van der Waals surface area contributed by atoms with E-state index >= 15 is 0 Å². The molecule has 0 saturated heterocycles. The maximum absolute atomic E-state index is 14.3. The number of benzene rings is 2. The summed E-state index contributed by atoms with van der Waals surface area (Å²) in [5.41, 5.74) is 10.4. The van der Waals surface area contributed by atoms with E-state index in [4.69, 9.17) is 5.73 Å². The minimum absolute atomic E-state index is 0.0380. The molecule has 0 bridgehead atoms. The Morgan fingerprint density at radius 2 is 1.34 bits per heavy atom. The van der Waals surface area contributed by atoms with Crippen molar-refractivity contribution in [2.75, 3.05) is 58.9 Å². The molecule has 13 nitrogen and oxygen atoms in total. The lowest BCUT2D eigenvalue weighted by Crippen LogP contribution is -2.50. The number of hydrogen-bond acceptors (Lipinski definition) is 7. The van der Waals surface area contributed by atoms with E-state index in [1.54, 1.807) is 18.5 Å². The lowest BCUT2D eigenvalue weighted by molar-refractivity contribution is -0.145. The molecule has 3 heterocycles. The Kier molecular flexibility index (Phi) is 14.5. The van der Waals surface area contributed by atoms with E-state index in [0.29, 0.717) is 38.9 Å². The molecule has 6 N–H and O–H groups in total. The van der Waals surface area contributed by atoms with Gasteiger partial charge in [-0.25, -0.2) is 0 Å². The zero-order valence-corrected chi connectivity index (χ0v) is 30.5. The van der Waals surface area contributed by atoms with Gasteiger partial charge in [0.25, 0.3) is 0 Å². The minimum Gasteiger partial charge on any atom is -0.361 e. The second kappa shape index (κ2) is 19.9. The average molecular weight is 722 g/mol. The number of nitrogens with zero attached hydrogens (tertiary/aromatic N) is 4. The summed E-state index contributed by atoms with van der Waals surface area (Å²) in [6.07, 6.45) is 9.65. The molecule has 0 radical (unpaired) electrons. The van der Waals surface area contributed by atoms with E-state index in [0.717, 1.165) is 44.9 Å². The molecule has 0 aliphatic rings. The number of amides is 4. The summed E-state index contributed by atoms with van der Waals surface area (Å²) >= 11 is 0. The van der Waals surface area contributed by atoms with Crippen molar-refractivity contribution in [1.29, 1.82) is 0 Å². The number of nitrogens with two attached hydrogens (primary N) is 1. The minimum atomic E-state index is -0.371. The van der Waals surface area contributed by atoms with Crippen LogP contribution in [0.3, 0.4) is 0 Å². The Labute approximate surface area is 310 Å². The lowest BCUT2D eigenvalue weighted by Gasteiger charge is -2.30. The second-order valence-corrected chi connectivity index (χ2v) is 13.1. The molecule has 0 fully saturated rings. The van der Waals surface area contributed by atoms with Gasteiger partial charge in [0.1, 0.15) is 6.54 Å². The van der Waals surface area contributed by atoms with Gasteiger partial charge in [0, 0.05) is 72.8 Å². The second-order valence-electron chi connectivity index (χ2n) is 13.1. The number of carbonyl (C=O) groups is 4. The lowest BCUT2D eigenvalue weighted by atomic mass is 10.1. The van der Waals surface area contributed by atoms with Gasteiger partial charge in [0.15, 0.2) is 0 Å². The molecule has 0 saturated carbocycles. The van der Waals surface area contributed by atoms with Crippen molar-refractivity contribution >= 4 is 45.4 Å². The van der Waals surface area contributed by atoms with Gasteiger partial charge in [0.05, 0.1) is 19.6 Å². The number of para-hydroxylation sites is 2. The van der Waals surface area contributed by atoms with Crippen molar-refractivity contribution in [3.8, 4) is 0 Å². The summed E-state index contributed by atoms with van der Waals surface area (Å²) in [6, 6.07) is 19.5. The monoisotopic (exact) mass is 721 g/mol. The van der Waals surface area contributed by atoms with Crippen LogP contribution in [0.1, 0.15) is 36.5 Å². The molecule has 0 unspecified atom stereocenters. The number of aromatic nitrogens is 3. The molecule has 0 spiro atoms. The molecule has 0 atom stereocenters. The van der Waals surface area contributed by atoms with Crippen LogP contribution in [-0.2, 0) is 38.6 Å². The van der Waals surface area contributed by atoms with Crippen molar-refractivity contribution < 1.29 is 19.2 Å². The number of fused-ring (bicyclic) bond motifs is 2. The molecule has 280 valence electrons. The van der Waals surface area contributed by atoms with Crippen LogP contribution >= 0.6 is 0 Å². The topological polar surface area (TPSA) is 173 Å². The Hall–Kier alpha value is -5.53. The van der Waals surface area contributed by atoms with Crippen LogP contribution in [-0.4, -0.2) is 112 Å². The smallest absolute Gasteiger partial charge is 0.242 e. The van der Waals surface area contributed by atoms with Gasteiger partial charge in [-0.2, -0.15) is 0 Å². The molecule has 5 aromatic rings. The quantitative estimate of drug-likeness (QED) is 0.0725. The van der Waals surface area contributed by atoms with E-state index in [-0.39, 0.29) is 69.4 Å². The third kappa shape index (κ3) is 11.2. The molecular formula is C40H51N9O4. The largest absolute Gasteiger partial charge is 0.361 e. The number of aromatic amines is 2. The highest BCUT2D eigenvalue weighted by molar-refractivity contribution is 5.91. The molecule has 0 aliphatic carbocycles. The van der Waals surface area contributed by atoms with Gasteiger partial charge in [0.2, 0.25) is 23.6 Å². The van der Waals surface area contributed by atoms with E-state index in [1.165, 1.54) is 14.7 Å². The zero-order valence-electron chi connectivity index (χ0n) is 30.5. The first-order valence-electron chi connectivity index (χ1n) is 18.4. The first-order chi connectivity index (χ1) is 25.9. The summed E-state index contributed by atoms with van der Waals surface area (Å²) in [5.74, 6) is -1.23.